The Kier molecular flexibility index (Phi) is 7.53. The van der Waals surface area contributed by atoms with Gasteiger partial charge in [0, 0.05) is 23.6 Å². The normalized spacial score (nSPS) is 29.0. The third kappa shape index (κ3) is 4.43. The molecule has 4 amide bonds. The van der Waals surface area contributed by atoms with Crippen LogP contribution in [-0.4, -0.2) is 63.8 Å². The number of aromatic hydroxyl groups is 1. The fourth-order valence-electron chi connectivity index (χ4n) is 7.91. The summed E-state index contributed by atoms with van der Waals surface area (Å²) in [5, 5.41) is 21.0. The van der Waals surface area contributed by atoms with Gasteiger partial charge in [-0.1, -0.05) is 17.7 Å². The van der Waals surface area contributed by atoms with Crippen LogP contribution in [0.1, 0.15) is 34.7 Å². The first kappa shape index (κ1) is 32.6. The van der Waals surface area contributed by atoms with Crippen LogP contribution >= 0.6 is 23.2 Å². The second-order valence-corrected chi connectivity index (χ2v) is 13.6. The molecule has 0 radical (unpaired) electrons. The summed E-state index contributed by atoms with van der Waals surface area (Å²) in [5.41, 5.74) is 0.323. The molecule has 6 unspecified atom stereocenters. The number of alkyl halides is 2. The van der Waals surface area contributed by atoms with Gasteiger partial charge in [-0.2, -0.15) is 0 Å². The second-order valence-electron chi connectivity index (χ2n) is 12.4. The molecule has 0 bridgehead atoms. The number of phenols is 1. The Labute approximate surface area is 288 Å². The van der Waals surface area contributed by atoms with Crippen molar-refractivity contribution in [1.82, 2.24) is 0 Å². The predicted octanol–water partition coefficient (Wildman–Crippen LogP) is 5.01. The minimum Gasteiger partial charge on any atom is -0.507 e. The van der Waals surface area contributed by atoms with Crippen LogP contribution in [0.4, 0.5) is 15.8 Å². The van der Waals surface area contributed by atoms with Crippen molar-refractivity contribution >= 4 is 64.2 Å². The van der Waals surface area contributed by atoms with Gasteiger partial charge < -0.3 is 19.7 Å². The highest BCUT2D eigenvalue weighted by Gasteiger charge is 2.77. The van der Waals surface area contributed by atoms with Crippen molar-refractivity contribution in [3.05, 3.63) is 89.3 Å². The van der Waals surface area contributed by atoms with Crippen molar-refractivity contribution in [3.63, 3.8) is 0 Å². The van der Waals surface area contributed by atoms with Crippen LogP contribution in [0.25, 0.3) is 0 Å². The number of amides is 4. The number of methoxy groups -OCH3 is 2. The van der Waals surface area contributed by atoms with E-state index in [0.29, 0.717) is 5.57 Å². The molecule has 11 nitrogen and oxygen atoms in total. The molecule has 7 rings (SSSR count). The molecule has 252 valence electrons. The van der Waals surface area contributed by atoms with Gasteiger partial charge in [-0.25, -0.2) is 14.1 Å². The number of imide groups is 2. The summed E-state index contributed by atoms with van der Waals surface area (Å²) in [6.07, 6.45) is 1.35. The Morgan fingerprint density at radius 2 is 1.61 bits per heavy atom. The zero-order valence-electron chi connectivity index (χ0n) is 25.9. The molecule has 14 heteroatoms. The van der Waals surface area contributed by atoms with Gasteiger partial charge >= 0.3 is 5.97 Å². The fraction of sp³-hybridized carbons (Fsp3) is 0.286. The molecule has 2 aliphatic carbocycles. The van der Waals surface area contributed by atoms with Crippen molar-refractivity contribution in [2.75, 3.05) is 24.0 Å². The van der Waals surface area contributed by atoms with Crippen molar-refractivity contribution in [1.29, 1.82) is 0 Å². The van der Waals surface area contributed by atoms with Crippen LogP contribution in [0.15, 0.2) is 72.3 Å². The number of carbonyl (C=O) groups excluding carboxylic acids is 4. The Morgan fingerprint density at radius 1 is 0.898 bits per heavy atom. The molecule has 2 heterocycles. The quantitative estimate of drug-likeness (QED) is 0.205. The summed E-state index contributed by atoms with van der Waals surface area (Å²) in [5.74, 6) is -9.41. The number of benzene rings is 3. The molecule has 6 atom stereocenters. The maximum absolute atomic E-state index is 14.6. The lowest BCUT2D eigenvalue weighted by molar-refractivity contribution is -0.125. The van der Waals surface area contributed by atoms with Crippen LogP contribution < -0.4 is 19.3 Å². The third-order valence-corrected chi connectivity index (χ3v) is 11.5. The molecule has 4 aliphatic rings. The number of carbonyl (C=O) groups is 5. The fourth-order valence-corrected chi connectivity index (χ4v) is 8.83. The molecule has 2 saturated heterocycles. The first-order valence-electron chi connectivity index (χ1n) is 15.2. The Morgan fingerprint density at radius 3 is 2.27 bits per heavy atom. The Hall–Kier alpha value is -4.94. The van der Waals surface area contributed by atoms with Gasteiger partial charge in [0.15, 0.2) is 9.75 Å². The zero-order valence-corrected chi connectivity index (χ0v) is 27.4. The molecule has 3 fully saturated rings. The number of carboxylic acids is 1. The van der Waals surface area contributed by atoms with E-state index in [4.69, 9.17) is 32.7 Å². The highest BCUT2D eigenvalue weighted by molar-refractivity contribution is 6.58. The highest BCUT2D eigenvalue weighted by atomic mass is 35.5. The smallest absolute Gasteiger partial charge is 0.335 e. The van der Waals surface area contributed by atoms with Gasteiger partial charge in [0.1, 0.15) is 23.1 Å². The predicted molar refractivity (Wildman–Crippen MR) is 174 cm³/mol. The number of hydrogen-bond acceptors (Lipinski definition) is 8. The van der Waals surface area contributed by atoms with Crippen LogP contribution in [0, 0.1) is 23.6 Å². The lowest BCUT2D eigenvalue weighted by Gasteiger charge is -2.50. The summed E-state index contributed by atoms with van der Waals surface area (Å²) in [4.78, 5) is 66.0. The monoisotopic (exact) mass is 708 g/mol. The van der Waals surface area contributed by atoms with E-state index in [1.165, 1.54) is 62.8 Å². The molecular weight excluding hydrogens is 682 g/mol. The number of ether oxygens (including phenoxy) is 2. The molecule has 0 aromatic heterocycles. The van der Waals surface area contributed by atoms with Crippen LogP contribution in [0.5, 0.6) is 17.2 Å². The summed E-state index contributed by atoms with van der Waals surface area (Å²) < 4.78 is 24.9. The average Bonchev–Trinajstić information content (AvgIpc) is 3.42. The number of halogens is 3. The minimum atomic E-state index is -2.31. The van der Waals surface area contributed by atoms with E-state index in [2.05, 4.69) is 0 Å². The molecule has 2 N–H and O–H groups in total. The number of rotatable bonds is 6. The molecule has 1 saturated carbocycles. The third-order valence-electron chi connectivity index (χ3n) is 10.1. The van der Waals surface area contributed by atoms with Gasteiger partial charge in [0.2, 0.25) is 11.8 Å². The SMILES string of the molecule is COc1cc(O)c(C2C3=CCC4C(=O)N(c5cccc(C(=O)O)c5)C(=O)C4C3CC3(Cl)C(=O)N(c4ccc(F)cc4)C(=O)C23Cl)c(OC)c1. The van der Waals surface area contributed by atoms with E-state index in [1.807, 2.05) is 0 Å². The minimum absolute atomic E-state index is 0.00181. The van der Waals surface area contributed by atoms with Crippen LogP contribution in [0.3, 0.4) is 0 Å². The summed E-state index contributed by atoms with van der Waals surface area (Å²) in [7, 11) is 2.70. The van der Waals surface area contributed by atoms with Gasteiger partial charge in [-0.15, -0.1) is 23.2 Å². The van der Waals surface area contributed by atoms with Gasteiger partial charge in [0.25, 0.3) is 11.8 Å². The van der Waals surface area contributed by atoms with Gasteiger partial charge in [-0.05, 0) is 61.2 Å². The number of anilines is 2. The molecule has 3 aromatic rings. The summed E-state index contributed by atoms with van der Waals surface area (Å²) >= 11 is 14.8. The van der Waals surface area contributed by atoms with Crippen LogP contribution in [0.2, 0.25) is 0 Å². The Balaban J connectivity index is 1.43. The first-order chi connectivity index (χ1) is 23.3. The van der Waals surface area contributed by atoms with Crippen molar-refractivity contribution in [2.45, 2.75) is 28.5 Å². The summed E-state index contributed by atoms with van der Waals surface area (Å²) in [6, 6.07) is 12.8. The number of nitrogens with zero attached hydrogens (tertiary/aromatic N) is 2. The lowest BCUT2D eigenvalue weighted by Crippen LogP contribution is -2.60. The number of aromatic carboxylic acids is 1. The lowest BCUT2D eigenvalue weighted by atomic mass is 9.56. The summed E-state index contributed by atoms with van der Waals surface area (Å²) in [6.45, 7) is 0. The van der Waals surface area contributed by atoms with Crippen LogP contribution in [-0.2, 0) is 19.2 Å². The Bertz CT molecular complexity index is 2020. The zero-order chi connectivity index (χ0) is 35.2. The van der Waals surface area contributed by atoms with E-state index >= 15 is 0 Å². The van der Waals surface area contributed by atoms with Crippen molar-refractivity contribution in [3.8, 4) is 17.2 Å². The standard InChI is InChI=1S/C35H27Cl2FN2O9/c1-48-20-13-24(41)27(25(14-20)49-2)28-21-10-11-22-26(30(43)39(29(22)42)19-5-3-4-16(12-19)31(44)45)23(21)15-34(36)32(46)40(33(47)35(28,34)37)18-8-6-17(38)7-9-18/h3-10,12-14,22-23,26,28,41H,11,15H2,1-2H3,(H,44,45). The van der Waals surface area contributed by atoms with E-state index in [0.717, 1.165) is 21.9 Å². The molecule has 0 spiro atoms. The average molecular weight is 710 g/mol. The number of phenolic OH excluding ortho intramolecular Hbond substituents is 1. The van der Waals surface area contributed by atoms with E-state index in [1.54, 1.807) is 6.08 Å². The van der Waals surface area contributed by atoms with Gasteiger partial charge in [0.05, 0.1) is 43.0 Å². The van der Waals surface area contributed by atoms with Gasteiger partial charge in [-0.3, -0.25) is 24.1 Å². The van der Waals surface area contributed by atoms with E-state index in [-0.39, 0.29) is 46.8 Å². The molecular formula is C35H27Cl2FN2O9. The largest absolute Gasteiger partial charge is 0.507 e. The number of hydrogen-bond donors (Lipinski definition) is 2. The highest BCUT2D eigenvalue weighted by Crippen LogP contribution is 2.67. The maximum Gasteiger partial charge on any atom is 0.335 e. The first-order valence-corrected chi connectivity index (χ1v) is 15.9. The molecule has 2 aliphatic heterocycles. The van der Waals surface area contributed by atoms with Crippen molar-refractivity contribution < 1.29 is 48.0 Å². The number of fused-ring (bicyclic) bond motifs is 4. The number of allylic oxidation sites excluding steroid dienone is 2. The molecule has 3 aromatic carbocycles. The molecule has 49 heavy (non-hydrogen) atoms. The maximum atomic E-state index is 14.6. The second kappa shape index (κ2) is 11.3. The van der Waals surface area contributed by atoms with Crippen molar-refractivity contribution in [2.24, 2.45) is 17.8 Å². The van der Waals surface area contributed by atoms with E-state index in [9.17, 15) is 38.6 Å². The van der Waals surface area contributed by atoms with E-state index < -0.39 is 74.6 Å². The topological polar surface area (TPSA) is 151 Å². The number of carboxylic acid groups (broad SMARTS) is 1.